The molecule has 102 valence electrons. The summed E-state index contributed by atoms with van der Waals surface area (Å²) >= 11 is 0. The van der Waals surface area contributed by atoms with Crippen molar-refractivity contribution in [3.63, 3.8) is 0 Å². The van der Waals surface area contributed by atoms with E-state index in [0.717, 1.165) is 25.2 Å². The first-order chi connectivity index (χ1) is 9.04. The van der Waals surface area contributed by atoms with Crippen LogP contribution in [-0.2, 0) is 0 Å². The maximum atomic E-state index is 10.9. The van der Waals surface area contributed by atoms with Crippen molar-refractivity contribution in [2.45, 2.75) is 13.8 Å². The monoisotopic (exact) mass is 260 g/mol. The molecule has 0 fully saturated rings. The van der Waals surface area contributed by atoms with Gasteiger partial charge in [-0.2, -0.15) is 0 Å². The van der Waals surface area contributed by atoms with Crippen LogP contribution in [-0.4, -0.2) is 29.5 Å². The highest BCUT2D eigenvalue weighted by Crippen LogP contribution is 2.18. The summed E-state index contributed by atoms with van der Waals surface area (Å²) in [5, 5.41) is 10.9. The minimum atomic E-state index is -0.356. The van der Waals surface area contributed by atoms with Gasteiger partial charge in [-0.25, -0.2) is 0 Å². The van der Waals surface area contributed by atoms with Crippen molar-refractivity contribution >= 4 is 11.8 Å². The number of hydrogen-bond acceptors (Lipinski definition) is 3. The minimum absolute atomic E-state index is 0.140. The van der Waals surface area contributed by atoms with E-state index in [4.69, 9.17) is 0 Å². The lowest BCUT2D eigenvalue weighted by atomic mass is 10.1. The molecule has 0 aliphatic heterocycles. The van der Waals surface area contributed by atoms with Crippen LogP contribution in [0, 0.1) is 10.1 Å². The number of nitro groups is 1. The molecule has 0 radical (unpaired) electrons. The third-order valence-electron chi connectivity index (χ3n) is 2.74. The Morgan fingerprint density at radius 1 is 1.47 bits per heavy atom. The van der Waals surface area contributed by atoms with E-state index < -0.39 is 0 Å². The summed E-state index contributed by atoms with van der Waals surface area (Å²) < 4.78 is 0. The molecular weight excluding hydrogens is 240 g/mol. The molecule has 0 bridgehead atoms. The number of para-hydroxylation sites is 1. The van der Waals surface area contributed by atoms with E-state index in [-0.39, 0.29) is 10.6 Å². The third-order valence-corrected chi connectivity index (χ3v) is 2.74. The first-order valence-corrected chi connectivity index (χ1v) is 6.31. The van der Waals surface area contributed by atoms with Crippen LogP contribution < -0.4 is 0 Å². The summed E-state index contributed by atoms with van der Waals surface area (Å²) in [7, 11) is 0. The first-order valence-electron chi connectivity index (χ1n) is 6.31. The number of nitro benzene ring substituents is 1. The van der Waals surface area contributed by atoms with Crippen LogP contribution in [0.3, 0.4) is 0 Å². The van der Waals surface area contributed by atoms with Crippen molar-refractivity contribution in [1.82, 2.24) is 4.90 Å². The van der Waals surface area contributed by atoms with Gasteiger partial charge in [-0.1, -0.05) is 43.4 Å². The second kappa shape index (κ2) is 7.48. The van der Waals surface area contributed by atoms with Gasteiger partial charge in [0.15, 0.2) is 0 Å². The molecule has 0 saturated heterocycles. The number of hydrogen-bond donors (Lipinski definition) is 0. The number of nitrogens with zero attached hydrogens (tertiary/aromatic N) is 2. The minimum Gasteiger partial charge on any atom is -0.296 e. The fourth-order valence-electron chi connectivity index (χ4n) is 1.81. The van der Waals surface area contributed by atoms with Gasteiger partial charge in [-0.3, -0.25) is 15.0 Å². The molecule has 0 N–H and O–H groups in total. The van der Waals surface area contributed by atoms with Crippen molar-refractivity contribution in [2.24, 2.45) is 0 Å². The average molecular weight is 260 g/mol. The highest BCUT2D eigenvalue weighted by Gasteiger charge is 2.09. The van der Waals surface area contributed by atoms with Gasteiger partial charge in [0, 0.05) is 19.2 Å². The SMILES string of the molecule is C=C(C)CN(CC)CC=Cc1ccccc1[N+](=O)[O-]. The summed E-state index contributed by atoms with van der Waals surface area (Å²) in [6.45, 7) is 10.5. The standard InChI is InChI=1S/C15H20N2O2/c1-4-16(12-13(2)3)11-7-9-14-8-5-6-10-15(14)17(18)19/h5-10H,2,4,11-12H2,1,3H3. The zero-order valence-corrected chi connectivity index (χ0v) is 11.5. The molecule has 1 rings (SSSR count). The van der Waals surface area contributed by atoms with Crippen LogP contribution in [0.5, 0.6) is 0 Å². The Kier molecular flexibility index (Phi) is 5.96. The van der Waals surface area contributed by atoms with Crippen molar-refractivity contribution in [2.75, 3.05) is 19.6 Å². The van der Waals surface area contributed by atoms with Gasteiger partial charge in [0.2, 0.25) is 0 Å². The molecule has 4 nitrogen and oxygen atoms in total. The molecule has 0 atom stereocenters. The second-order valence-corrected chi connectivity index (χ2v) is 4.50. The maximum Gasteiger partial charge on any atom is 0.276 e. The molecule has 0 spiro atoms. The summed E-state index contributed by atoms with van der Waals surface area (Å²) in [5.74, 6) is 0. The summed E-state index contributed by atoms with van der Waals surface area (Å²) in [6.07, 6.45) is 3.76. The normalized spacial score (nSPS) is 11.1. The quantitative estimate of drug-likeness (QED) is 0.428. The summed E-state index contributed by atoms with van der Waals surface area (Å²) in [6, 6.07) is 6.75. The largest absolute Gasteiger partial charge is 0.296 e. The topological polar surface area (TPSA) is 46.4 Å². The Morgan fingerprint density at radius 2 is 2.16 bits per heavy atom. The van der Waals surface area contributed by atoms with Gasteiger partial charge in [0.1, 0.15) is 0 Å². The zero-order chi connectivity index (χ0) is 14.3. The first kappa shape index (κ1) is 15.1. The molecule has 0 unspecified atom stereocenters. The van der Waals surface area contributed by atoms with Crippen molar-refractivity contribution in [3.8, 4) is 0 Å². The van der Waals surface area contributed by atoms with Crippen molar-refractivity contribution in [3.05, 3.63) is 58.2 Å². The highest BCUT2D eigenvalue weighted by molar-refractivity contribution is 5.60. The van der Waals surface area contributed by atoms with E-state index in [1.807, 2.05) is 13.0 Å². The Hall–Kier alpha value is -1.94. The third kappa shape index (κ3) is 5.06. The molecule has 19 heavy (non-hydrogen) atoms. The molecule has 0 heterocycles. The molecule has 1 aromatic rings. The fraction of sp³-hybridized carbons (Fsp3) is 0.333. The van der Waals surface area contributed by atoms with E-state index in [0.29, 0.717) is 5.56 Å². The molecule has 0 saturated carbocycles. The van der Waals surface area contributed by atoms with E-state index in [1.165, 1.54) is 6.07 Å². The van der Waals surface area contributed by atoms with Crippen LogP contribution in [0.25, 0.3) is 6.08 Å². The fourth-order valence-corrected chi connectivity index (χ4v) is 1.81. The van der Waals surface area contributed by atoms with E-state index in [9.17, 15) is 10.1 Å². The molecule has 1 aromatic carbocycles. The van der Waals surface area contributed by atoms with Gasteiger partial charge in [-0.15, -0.1) is 0 Å². The van der Waals surface area contributed by atoms with Crippen LogP contribution in [0.4, 0.5) is 5.69 Å². The zero-order valence-electron chi connectivity index (χ0n) is 11.5. The van der Waals surface area contributed by atoms with Crippen LogP contribution in [0.1, 0.15) is 19.4 Å². The lowest BCUT2D eigenvalue weighted by molar-refractivity contribution is -0.385. The maximum absolute atomic E-state index is 10.9. The van der Waals surface area contributed by atoms with Crippen molar-refractivity contribution in [1.29, 1.82) is 0 Å². The van der Waals surface area contributed by atoms with Gasteiger partial charge in [0.05, 0.1) is 10.5 Å². The predicted octanol–water partition coefficient (Wildman–Crippen LogP) is 3.51. The Balaban J connectivity index is 2.71. The lowest BCUT2D eigenvalue weighted by Gasteiger charge is -2.18. The average Bonchev–Trinajstić information content (AvgIpc) is 2.37. The highest BCUT2D eigenvalue weighted by atomic mass is 16.6. The van der Waals surface area contributed by atoms with Crippen LogP contribution in [0.2, 0.25) is 0 Å². The predicted molar refractivity (Wildman–Crippen MR) is 79.1 cm³/mol. The molecule has 0 aromatic heterocycles. The summed E-state index contributed by atoms with van der Waals surface area (Å²) in [4.78, 5) is 12.7. The summed E-state index contributed by atoms with van der Waals surface area (Å²) in [5.41, 5.74) is 1.89. The van der Waals surface area contributed by atoms with E-state index in [1.54, 1.807) is 24.3 Å². The van der Waals surface area contributed by atoms with Crippen LogP contribution in [0.15, 0.2) is 42.5 Å². The van der Waals surface area contributed by atoms with Gasteiger partial charge >= 0.3 is 0 Å². The lowest BCUT2D eigenvalue weighted by Crippen LogP contribution is -2.24. The number of rotatable bonds is 7. The molecule has 0 amide bonds. The van der Waals surface area contributed by atoms with Gasteiger partial charge in [0.25, 0.3) is 5.69 Å². The smallest absolute Gasteiger partial charge is 0.276 e. The number of benzene rings is 1. The van der Waals surface area contributed by atoms with Gasteiger partial charge in [-0.05, 0) is 19.5 Å². The Bertz CT molecular complexity index is 481. The molecule has 4 heteroatoms. The second-order valence-electron chi connectivity index (χ2n) is 4.50. The number of likely N-dealkylation sites (N-methyl/N-ethyl adjacent to an activating group) is 1. The molecule has 0 aliphatic carbocycles. The Morgan fingerprint density at radius 3 is 2.74 bits per heavy atom. The molecular formula is C15H20N2O2. The van der Waals surface area contributed by atoms with Crippen molar-refractivity contribution < 1.29 is 4.92 Å². The van der Waals surface area contributed by atoms with Gasteiger partial charge < -0.3 is 0 Å². The van der Waals surface area contributed by atoms with E-state index in [2.05, 4.69) is 18.4 Å². The Labute approximate surface area is 114 Å². The molecule has 0 aliphatic rings. The van der Waals surface area contributed by atoms with Crippen LogP contribution >= 0.6 is 0 Å². The van der Waals surface area contributed by atoms with E-state index >= 15 is 0 Å².